The summed E-state index contributed by atoms with van der Waals surface area (Å²) >= 11 is 1.41. The molecule has 0 saturated carbocycles. The quantitative estimate of drug-likeness (QED) is 0.716. The smallest absolute Gasteiger partial charge is 0.305 e. The first-order valence-corrected chi connectivity index (χ1v) is 7.95. The summed E-state index contributed by atoms with van der Waals surface area (Å²) in [5.41, 5.74) is 2.84. The minimum atomic E-state index is -0.814. The largest absolute Gasteiger partial charge is 0.494 e. The van der Waals surface area contributed by atoms with E-state index in [0.717, 1.165) is 17.3 Å². The van der Waals surface area contributed by atoms with Crippen LogP contribution in [0.2, 0.25) is 0 Å². The fraction of sp³-hybridized carbons (Fsp3) is 0.400. The topological polar surface area (TPSA) is 75.5 Å². The molecule has 0 aliphatic heterocycles. The van der Waals surface area contributed by atoms with Crippen molar-refractivity contribution in [3.63, 3.8) is 0 Å². The van der Waals surface area contributed by atoms with Crippen LogP contribution >= 0.6 is 11.3 Å². The minimum Gasteiger partial charge on any atom is -0.494 e. The molecule has 0 radical (unpaired) electrons. The molecule has 1 heterocycles. The Morgan fingerprint density at radius 3 is 2.73 bits per heavy atom. The Morgan fingerprint density at radius 2 is 2.09 bits per heavy atom. The first-order chi connectivity index (χ1) is 10.6. The van der Waals surface area contributed by atoms with Gasteiger partial charge in [0, 0.05) is 13.1 Å². The molecular formula is C15H19N3O3S. The monoisotopic (exact) mass is 321 g/mol. The molecule has 0 aliphatic carbocycles. The molecule has 2 aromatic rings. The third-order valence-electron chi connectivity index (χ3n) is 3.08. The molecule has 1 aromatic heterocycles. The van der Waals surface area contributed by atoms with Crippen LogP contribution in [-0.2, 0) is 4.79 Å². The van der Waals surface area contributed by atoms with Crippen LogP contribution in [0.1, 0.15) is 18.4 Å². The third kappa shape index (κ3) is 5.33. The van der Waals surface area contributed by atoms with E-state index < -0.39 is 5.97 Å². The molecule has 1 aromatic carbocycles. The molecule has 0 aliphatic rings. The minimum absolute atomic E-state index is 0.0817. The molecular weight excluding hydrogens is 302 g/mol. The van der Waals surface area contributed by atoms with Crippen molar-refractivity contribution in [1.82, 2.24) is 10.2 Å². The summed E-state index contributed by atoms with van der Waals surface area (Å²) in [7, 11) is 0. The summed E-state index contributed by atoms with van der Waals surface area (Å²) < 4.78 is 5.68. The fourth-order valence-electron chi connectivity index (χ4n) is 1.92. The third-order valence-corrected chi connectivity index (χ3v) is 3.83. The number of hydrogen-bond acceptors (Lipinski definition) is 6. The molecule has 0 atom stereocenters. The van der Waals surface area contributed by atoms with E-state index in [-0.39, 0.29) is 6.42 Å². The van der Waals surface area contributed by atoms with Gasteiger partial charge < -0.3 is 14.7 Å². The van der Waals surface area contributed by atoms with Crippen molar-refractivity contribution in [1.29, 1.82) is 0 Å². The first-order valence-electron chi connectivity index (χ1n) is 7.07. The zero-order valence-corrected chi connectivity index (χ0v) is 13.3. The average Bonchev–Trinajstić information content (AvgIpc) is 3.02. The number of nitrogens with zero attached hydrogens (tertiary/aromatic N) is 3. The van der Waals surface area contributed by atoms with E-state index in [9.17, 15) is 4.79 Å². The summed E-state index contributed by atoms with van der Waals surface area (Å²) in [5, 5.41) is 17.4. The number of anilines is 1. The number of ether oxygens (including phenoxy) is 1. The van der Waals surface area contributed by atoms with Gasteiger partial charge in [-0.3, -0.25) is 4.79 Å². The lowest BCUT2D eigenvalue weighted by Crippen LogP contribution is -2.28. The lowest BCUT2D eigenvalue weighted by atomic mass is 10.2. The fourth-order valence-corrected chi connectivity index (χ4v) is 2.53. The van der Waals surface area contributed by atoms with Crippen LogP contribution in [-0.4, -0.2) is 41.0 Å². The van der Waals surface area contributed by atoms with E-state index >= 15 is 0 Å². The molecule has 6 nitrogen and oxygen atoms in total. The Hall–Kier alpha value is -2.15. The molecule has 0 fully saturated rings. The van der Waals surface area contributed by atoms with Crippen molar-refractivity contribution in [2.45, 2.75) is 19.8 Å². The van der Waals surface area contributed by atoms with Gasteiger partial charge in [0.05, 0.1) is 13.0 Å². The van der Waals surface area contributed by atoms with Crippen LogP contribution in [0.25, 0.3) is 0 Å². The van der Waals surface area contributed by atoms with E-state index in [1.165, 1.54) is 16.9 Å². The maximum atomic E-state index is 10.7. The van der Waals surface area contributed by atoms with Gasteiger partial charge in [-0.25, -0.2) is 0 Å². The number of carboxylic acids is 1. The second-order valence-electron chi connectivity index (χ2n) is 4.87. The molecule has 1 N–H and O–H groups in total. The van der Waals surface area contributed by atoms with Gasteiger partial charge in [0.1, 0.15) is 11.3 Å². The SMILES string of the molecule is Cc1ccc(OCCCN(CCC(=O)O)c2nncs2)cc1. The van der Waals surface area contributed by atoms with Crippen LogP contribution < -0.4 is 9.64 Å². The Balaban J connectivity index is 1.78. The van der Waals surface area contributed by atoms with Gasteiger partial charge in [0.15, 0.2) is 0 Å². The van der Waals surface area contributed by atoms with Crippen LogP contribution in [0.15, 0.2) is 29.8 Å². The van der Waals surface area contributed by atoms with Crippen LogP contribution in [0.5, 0.6) is 5.75 Å². The number of benzene rings is 1. The summed E-state index contributed by atoms with van der Waals surface area (Å²) in [5.74, 6) is 0.0315. The number of hydrogen-bond donors (Lipinski definition) is 1. The molecule has 0 saturated heterocycles. The maximum Gasteiger partial charge on any atom is 0.305 e. The molecule has 7 heteroatoms. The van der Waals surface area contributed by atoms with E-state index in [1.807, 2.05) is 36.1 Å². The van der Waals surface area contributed by atoms with Gasteiger partial charge in [-0.05, 0) is 25.5 Å². The van der Waals surface area contributed by atoms with Gasteiger partial charge in [-0.1, -0.05) is 29.0 Å². The Bertz CT molecular complexity index is 572. The second kappa shape index (κ2) is 8.33. The predicted octanol–water partition coefficient (Wildman–Crippen LogP) is 2.60. The zero-order valence-electron chi connectivity index (χ0n) is 12.4. The van der Waals surface area contributed by atoms with Crippen LogP contribution in [0.3, 0.4) is 0 Å². The standard InChI is InChI=1S/C15H19N3O3S/c1-12-3-5-13(6-4-12)21-10-2-8-18(9-7-14(19)20)15-17-16-11-22-15/h3-6,11H,2,7-10H2,1H3,(H,19,20). The number of rotatable bonds is 9. The van der Waals surface area contributed by atoms with E-state index in [4.69, 9.17) is 9.84 Å². The molecule has 118 valence electrons. The molecule has 0 bridgehead atoms. The Morgan fingerprint density at radius 1 is 1.32 bits per heavy atom. The lowest BCUT2D eigenvalue weighted by Gasteiger charge is -2.20. The van der Waals surface area contributed by atoms with Crippen molar-refractivity contribution in [2.75, 3.05) is 24.6 Å². The molecule has 0 unspecified atom stereocenters. The average molecular weight is 321 g/mol. The van der Waals surface area contributed by atoms with Gasteiger partial charge in [-0.15, -0.1) is 10.2 Å². The summed E-state index contributed by atoms with van der Waals surface area (Å²) in [4.78, 5) is 12.7. The van der Waals surface area contributed by atoms with Crippen molar-refractivity contribution >= 4 is 22.4 Å². The van der Waals surface area contributed by atoms with Crippen molar-refractivity contribution in [3.8, 4) is 5.75 Å². The zero-order chi connectivity index (χ0) is 15.8. The predicted molar refractivity (Wildman–Crippen MR) is 85.7 cm³/mol. The Labute approximate surface area is 133 Å². The maximum absolute atomic E-state index is 10.7. The Kier molecular flexibility index (Phi) is 6.14. The highest BCUT2D eigenvalue weighted by atomic mass is 32.1. The lowest BCUT2D eigenvalue weighted by molar-refractivity contribution is -0.136. The molecule has 0 amide bonds. The highest BCUT2D eigenvalue weighted by molar-refractivity contribution is 7.13. The molecule has 22 heavy (non-hydrogen) atoms. The highest BCUT2D eigenvalue weighted by Gasteiger charge is 2.11. The number of aryl methyl sites for hydroxylation is 1. The summed E-state index contributed by atoms with van der Waals surface area (Å²) in [6, 6.07) is 7.91. The van der Waals surface area contributed by atoms with Crippen molar-refractivity contribution in [2.24, 2.45) is 0 Å². The molecule has 2 rings (SSSR count). The van der Waals surface area contributed by atoms with Gasteiger partial charge in [0.25, 0.3) is 0 Å². The van der Waals surface area contributed by atoms with E-state index in [2.05, 4.69) is 10.2 Å². The van der Waals surface area contributed by atoms with E-state index in [0.29, 0.717) is 19.7 Å². The number of carbonyl (C=O) groups is 1. The summed E-state index contributed by atoms with van der Waals surface area (Å²) in [6.45, 7) is 3.72. The van der Waals surface area contributed by atoms with Crippen LogP contribution in [0, 0.1) is 6.92 Å². The van der Waals surface area contributed by atoms with Crippen molar-refractivity contribution < 1.29 is 14.6 Å². The number of aliphatic carboxylic acids is 1. The normalized spacial score (nSPS) is 10.4. The number of carboxylic acid groups (broad SMARTS) is 1. The highest BCUT2D eigenvalue weighted by Crippen LogP contribution is 2.17. The van der Waals surface area contributed by atoms with E-state index in [1.54, 1.807) is 5.51 Å². The van der Waals surface area contributed by atoms with Crippen LogP contribution in [0.4, 0.5) is 5.13 Å². The van der Waals surface area contributed by atoms with Crippen molar-refractivity contribution in [3.05, 3.63) is 35.3 Å². The van der Waals surface area contributed by atoms with Gasteiger partial charge in [-0.2, -0.15) is 0 Å². The van der Waals surface area contributed by atoms with Gasteiger partial charge in [0.2, 0.25) is 5.13 Å². The summed E-state index contributed by atoms with van der Waals surface area (Å²) in [6.07, 6.45) is 0.867. The van der Waals surface area contributed by atoms with Gasteiger partial charge >= 0.3 is 5.97 Å². The second-order valence-corrected chi connectivity index (χ2v) is 5.68. The number of aromatic nitrogens is 2. The molecule has 0 spiro atoms. The first kappa shape index (κ1) is 16.2.